The zero-order valence-electron chi connectivity index (χ0n) is 7.86. The number of alkyl halides is 5. The van der Waals surface area contributed by atoms with Crippen LogP contribution < -0.4 is 0 Å². The molecule has 0 saturated heterocycles. The van der Waals surface area contributed by atoms with Crippen LogP contribution in [0.1, 0.15) is 31.2 Å². The third-order valence-corrected chi connectivity index (χ3v) is 4.13. The van der Waals surface area contributed by atoms with Crippen LogP contribution in [-0.2, 0) is 4.33 Å². The van der Waals surface area contributed by atoms with E-state index < -0.39 is 8.13 Å². The van der Waals surface area contributed by atoms with Crippen molar-refractivity contribution >= 4 is 58.0 Å². The smallest absolute Gasteiger partial charge is 0.197 e. The second-order valence-electron chi connectivity index (χ2n) is 3.28. The number of aromatic nitrogens is 3. The largest absolute Gasteiger partial charge is 0.228 e. The first-order valence-electron chi connectivity index (χ1n) is 4.03. The van der Waals surface area contributed by atoms with Gasteiger partial charge < -0.3 is 0 Å². The molecule has 0 aromatic carbocycles. The lowest BCUT2D eigenvalue weighted by atomic mass is 10.1. The Kier molecular flexibility index (Phi) is 4.06. The third kappa shape index (κ3) is 2.64. The average molecular weight is 311 g/mol. The standard InChI is InChI=1S/C7H8Cl5N3/c1-3(2)4-5(14-15-13-4)6(8,9)7(10,11)12/h3H,1-2H3,(H,13,14,15). The number of aromatic amines is 1. The molecular weight excluding hydrogens is 303 g/mol. The minimum absolute atomic E-state index is 0.0722. The highest BCUT2D eigenvalue weighted by Crippen LogP contribution is 2.53. The van der Waals surface area contributed by atoms with Crippen LogP contribution >= 0.6 is 58.0 Å². The third-order valence-electron chi connectivity index (χ3n) is 1.78. The predicted octanol–water partition coefficient (Wildman–Crippen LogP) is 3.93. The Labute approximate surface area is 112 Å². The maximum absolute atomic E-state index is 5.98. The molecule has 0 saturated carbocycles. The molecule has 0 aliphatic rings. The van der Waals surface area contributed by atoms with Crippen molar-refractivity contribution in [3.8, 4) is 0 Å². The van der Waals surface area contributed by atoms with Gasteiger partial charge in [0.2, 0.25) is 8.13 Å². The average Bonchev–Trinajstić information content (AvgIpc) is 2.48. The van der Waals surface area contributed by atoms with Gasteiger partial charge in [0, 0.05) is 0 Å². The molecule has 3 nitrogen and oxygen atoms in total. The Morgan fingerprint density at radius 1 is 1.07 bits per heavy atom. The summed E-state index contributed by atoms with van der Waals surface area (Å²) in [5.74, 6) is 0.0722. The van der Waals surface area contributed by atoms with Gasteiger partial charge in [0.15, 0.2) is 0 Å². The molecule has 15 heavy (non-hydrogen) atoms. The van der Waals surface area contributed by atoms with Gasteiger partial charge in [-0.3, -0.25) is 0 Å². The van der Waals surface area contributed by atoms with Crippen LogP contribution in [0.3, 0.4) is 0 Å². The van der Waals surface area contributed by atoms with E-state index in [1.165, 1.54) is 0 Å². The van der Waals surface area contributed by atoms with Gasteiger partial charge >= 0.3 is 0 Å². The highest BCUT2D eigenvalue weighted by molar-refractivity contribution is 6.75. The fourth-order valence-electron chi connectivity index (χ4n) is 1.01. The van der Waals surface area contributed by atoms with Gasteiger partial charge in [0.05, 0.1) is 5.69 Å². The topological polar surface area (TPSA) is 41.6 Å². The van der Waals surface area contributed by atoms with Gasteiger partial charge in [-0.2, -0.15) is 15.4 Å². The fourth-order valence-corrected chi connectivity index (χ4v) is 1.55. The summed E-state index contributed by atoms with van der Waals surface area (Å²) >= 11 is 29.0. The van der Waals surface area contributed by atoms with Gasteiger partial charge in [0.25, 0.3) is 0 Å². The van der Waals surface area contributed by atoms with E-state index in [0.717, 1.165) is 0 Å². The first kappa shape index (κ1) is 13.7. The molecule has 0 aliphatic heterocycles. The summed E-state index contributed by atoms with van der Waals surface area (Å²) in [6.45, 7) is 3.81. The van der Waals surface area contributed by atoms with Gasteiger partial charge in [0.1, 0.15) is 5.69 Å². The van der Waals surface area contributed by atoms with E-state index in [-0.39, 0.29) is 11.6 Å². The summed E-state index contributed by atoms with van der Waals surface area (Å²) in [6.07, 6.45) is 0. The quantitative estimate of drug-likeness (QED) is 0.841. The van der Waals surface area contributed by atoms with Crippen LogP contribution in [-0.4, -0.2) is 19.2 Å². The molecule has 1 N–H and O–H groups in total. The second kappa shape index (κ2) is 4.46. The zero-order chi connectivity index (χ0) is 11.9. The number of rotatable bonds is 2. The molecule has 1 aromatic rings. The number of nitrogens with zero attached hydrogens (tertiary/aromatic N) is 2. The van der Waals surface area contributed by atoms with E-state index in [1.54, 1.807) is 0 Å². The van der Waals surface area contributed by atoms with Gasteiger partial charge in [-0.05, 0) is 5.92 Å². The monoisotopic (exact) mass is 309 g/mol. The van der Waals surface area contributed by atoms with Crippen LogP contribution in [0.2, 0.25) is 0 Å². The van der Waals surface area contributed by atoms with Crippen molar-refractivity contribution in [3.05, 3.63) is 11.4 Å². The molecule has 0 amide bonds. The van der Waals surface area contributed by atoms with Crippen LogP contribution in [0.4, 0.5) is 0 Å². The Morgan fingerprint density at radius 2 is 1.60 bits per heavy atom. The molecule has 1 aromatic heterocycles. The van der Waals surface area contributed by atoms with E-state index in [4.69, 9.17) is 58.0 Å². The number of H-pyrrole nitrogens is 1. The van der Waals surface area contributed by atoms with E-state index in [1.807, 2.05) is 13.8 Å². The number of hydrogen-bond acceptors (Lipinski definition) is 2. The molecule has 1 rings (SSSR count). The van der Waals surface area contributed by atoms with E-state index in [0.29, 0.717) is 5.69 Å². The number of nitrogens with one attached hydrogen (secondary N) is 1. The first-order valence-corrected chi connectivity index (χ1v) is 5.92. The molecule has 1 heterocycles. The molecule has 0 spiro atoms. The summed E-state index contributed by atoms with van der Waals surface area (Å²) in [6, 6.07) is 0. The minimum atomic E-state index is -1.88. The molecule has 0 fully saturated rings. The molecule has 0 radical (unpaired) electrons. The van der Waals surface area contributed by atoms with Crippen LogP contribution in [0.5, 0.6) is 0 Å². The summed E-state index contributed by atoms with van der Waals surface area (Å²) < 4.78 is -3.61. The van der Waals surface area contributed by atoms with Crippen molar-refractivity contribution in [2.75, 3.05) is 0 Å². The first-order chi connectivity index (χ1) is 6.68. The molecule has 0 unspecified atom stereocenters. The Balaban J connectivity index is 3.21. The lowest BCUT2D eigenvalue weighted by Crippen LogP contribution is -2.30. The molecule has 86 valence electrons. The maximum atomic E-state index is 5.98. The normalized spacial score (nSPS) is 13.6. The van der Waals surface area contributed by atoms with Gasteiger partial charge in [-0.15, -0.1) is 0 Å². The molecule has 0 aliphatic carbocycles. The highest BCUT2D eigenvalue weighted by Gasteiger charge is 2.51. The van der Waals surface area contributed by atoms with Crippen LogP contribution in [0.25, 0.3) is 0 Å². The van der Waals surface area contributed by atoms with Crippen LogP contribution in [0.15, 0.2) is 0 Å². The maximum Gasteiger partial charge on any atom is 0.228 e. The Morgan fingerprint density at radius 3 is 2.00 bits per heavy atom. The second-order valence-corrected chi connectivity index (χ2v) is 6.89. The van der Waals surface area contributed by atoms with Crippen molar-refractivity contribution in [2.24, 2.45) is 0 Å². The van der Waals surface area contributed by atoms with E-state index in [9.17, 15) is 0 Å². The van der Waals surface area contributed by atoms with Crippen molar-refractivity contribution in [2.45, 2.75) is 27.9 Å². The Hall–Kier alpha value is 0.590. The van der Waals surface area contributed by atoms with Crippen molar-refractivity contribution in [1.29, 1.82) is 0 Å². The van der Waals surface area contributed by atoms with Gasteiger partial charge in [-0.1, -0.05) is 71.9 Å². The lowest BCUT2D eigenvalue weighted by molar-refractivity contribution is 0.764. The summed E-state index contributed by atoms with van der Waals surface area (Å²) in [5, 5.41) is 10.1. The van der Waals surface area contributed by atoms with Crippen molar-refractivity contribution in [3.63, 3.8) is 0 Å². The van der Waals surface area contributed by atoms with Crippen molar-refractivity contribution in [1.82, 2.24) is 15.4 Å². The van der Waals surface area contributed by atoms with Gasteiger partial charge in [-0.25, -0.2) is 0 Å². The summed E-state index contributed by atoms with van der Waals surface area (Å²) in [4.78, 5) is 0. The summed E-state index contributed by atoms with van der Waals surface area (Å²) in [7, 11) is 0. The van der Waals surface area contributed by atoms with E-state index in [2.05, 4.69) is 15.4 Å². The number of halogens is 5. The van der Waals surface area contributed by atoms with Crippen molar-refractivity contribution < 1.29 is 0 Å². The molecular formula is C7H8Cl5N3. The minimum Gasteiger partial charge on any atom is -0.197 e. The molecule has 0 bridgehead atoms. The lowest BCUT2D eigenvalue weighted by Gasteiger charge is -2.26. The predicted molar refractivity (Wildman–Crippen MR) is 64.1 cm³/mol. The van der Waals surface area contributed by atoms with Crippen LogP contribution in [0, 0.1) is 0 Å². The SMILES string of the molecule is CC(C)c1n[nH]nc1C(Cl)(Cl)C(Cl)(Cl)Cl. The zero-order valence-corrected chi connectivity index (χ0v) is 11.6. The fraction of sp³-hybridized carbons (Fsp3) is 0.714. The Bertz CT molecular complexity index is 341. The molecule has 0 atom stereocenters. The molecule has 8 heteroatoms. The van der Waals surface area contributed by atoms with E-state index >= 15 is 0 Å². The highest BCUT2D eigenvalue weighted by atomic mass is 35.6. The summed E-state index contributed by atoms with van der Waals surface area (Å²) in [5.41, 5.74) is 0.812. The number of hydrogen-bond donors (Lipinski definition) is 1.